The zero-order chi connectivity index (χ0) is 17.4. The molecule has 0 atom stereocenters. The summed E-state index contributed by atoms with van der Waals surface area (Å²) in [6, 6.07) is 11.4. The Kier molecular flexibility index (Phi) is 3.57. The van der Waals surface area contributed by atoms with Gasteiger partial charge in [-0.15, -0.1) is 0 Å². The van der Waals surface area contributed by atoms with Gasteiger partial charge >= 0.3 is 0 Å². The zero-order valence-electron chi connectivity index (χ0n) is 13.3. The topological polar surface area (TPSA) is 60.7 Å². The highest BCUT2D eigenvalue weighted by Crippen LogP contribution is 2.25. The fourth-order valence-electron chi connectivity index (χ4n) is 2.76. The van der Waals surface area contributed by atoms with Gasteiger partial charge in [0, 0.05) is 24.2 Å². The maximum atomic E-state index is 13.9. The van der Waals surface area contributed by atoms with Crippen LogP contribution in [0.1, 0.15) is 16.1 Å². The lowest BCUT2D eigenvalue weighted by Gasteiger charge is -2.06. The predicted molar refractivity (Wildman–Crippen MR) is 91.6 cm³/mol. The highest BCUT2D eigenvalue weighted by atomic mass is 19.1. The molecule has 0 bridgehead atoms. The van der Waals surface area contributed by atoms with E-state index in [0.717, 1.165) is 11.1 Å². The van der Waals surface area contributed by atoms with E-state index in [0.29, 0.717) is 10.9 Å². The number of rotatable bonds is 3. The second kappa shape index (κ2) is 5.90. The summed E-state index contributed by atoms with van der Waals surface area (Å²) in [7, 11) is 1.85. The average molecular weight is 332 g/mol. The summed E-state index contributed by atoms with van der Waals surface area (Å²) < 4.78 is 15.7. The zero-order valence-corrected chi connectivity index (χ0v) is 13.3. The third-order valence-corrected chi connectivity index (χ3v) is 4.01. The molecule has 2 aromatic heterocycles. The van der Waals surface area contributed by atoms with Crippen molar-refractivity contribution >= 4 is 16.7 Å². The van der Waals surface area contributed by atoms with Crippen LogP contribution in [0.2, 0.25) is 0 Å². The average Bonchev–Trinajstić information content (AvgIpc) is 3.07. The number of nitrogens with zero attached hydrogens (tertiary/aromatic N) is 4. The normalized spacial score (nSPS) is 11.0. The van der Waals surface area contributed by atoms with E-state index < -0.39 is 11.6 Å². The first-order chi connectivity index (χ1) is 12.1. The van der Waals surface area contributed by atoms with Crippen molar-refractivity contribution in [2.24, 2.45) is 7.05 Å². The van der Waals surface area contributed by atoms with Crippen LogP contribution in [0, 0.1) is 5.82 Å². The highest BCUT2D eigenvalue weighted by Gasteiger charge is 2.18. The van der Waals surface area contributed by atoms with Crippen LogP contribution in [-0.2, 0) is 7.05 Å². The molecule has 0 fully saturated rings. The largest absolute Gasteiger partial charge is 0.287 e. The summed E-state index contributed by atoms with van der Waals surface area (Å²) in [5.74, 6) is -1.02. The molecule has 2 heterocycles. The van der Waals surface area contributed by atoms with Gasteiger partial charge < -0.3 is 0 Å². The van der Waals surface area contributed by atoms with Gasteiger partial charge in [0.15, 0.2) is 0 Å². The third kappa shape index (κ3) is 2.67. The maximum Gasteiger partial charge on any atom is 0.215 e. The van der Waals surface area contributed by atoms with Gasteiger partial charge in [0.25, 0.3) is 0 Å². The molecule has 0 saturated heterocycles. The van der Waals surface area contributed by atoms with Crippen molar-refractivity contribution in [1.29, 1.82) is 0 Å². The van der Waals surface area contributed by atoms with Crippen molar-refractivity contribution in [2.45, 2.75) is 0 Å². The molecule has 0 aliphatic heterocycles. The number of halogens is 1. The van der Waals surface area contributed by atoms with E-state index in [1.165, 1.54) is 18.5 Å². The van der Waals surface area contributed by atoms with E-state index >= 15 is 0 Å². The number of hydrogen-bond acceptors (Lipinski definition) is 4. The first-order valence-corrected chi connectivity index (χ1v) is 7.66. The molecule has 4 rings (SSSR count). The molecule has 2 aromatic carbocycles. The van der Waals surface area contributed by atoms with Crippen LogP contribution >= 0.6 is 0 Å². The van der Waals surface area contributed by atoms with Gasteiger partial charge in [0.1, 0.15) is 17.8 Å². The standard InChI is InChI=1S/C19H13FN4O/c1-24-10-13(9-23-24)12-6-7-15-17(8-12)21-11-22-18(15)19(25)14-4-2-3-5-16(14)20/h2-11H,1H3. The predicted octanol–water partition coefficient (Wildman–Crippen LogP) is 3.40. The molecule has 25 heavy (non-hydrogen) atoms. The molecule has 4 aromatic rings. The number of benzene rings is 2. The number of fused-ring (bicyclic) bond motifs is 1. The Morgan fingerprint density at radius 2 is 1.92 bits per heavy atom. The number of carbonyl (C=O) groups excluding carboxylic acids is 1. The van der Waals surface area contributed by atoms with Crippen molar-refractivity contribution in [3.63, 3.8) is 0 Å². The molecule has 0 aliphatic carbocycles. The van der Waals surface area contributed by atoms with E-state index in [4.69, 9.17) is 0 Å². The Morgan fingerprint density at radius 1 is 1.08 bits per heavy atom. The molecular weight excluding hydrogens is 319 g/mol. The van der Waals surface area contributed by atoms with Crippen molar-refractivity contribution in [3.05, 3.63) is 78.3 Å². The van der Waals surface area contributed by atoms with E-state index in [9.17, 15) is 9.18 Å². The number of ketones is 1. The second-order valence-electron chi connectivity index (χ2n) is 5.67. The van der Waals surface area contributed by atoms with Crippen LogP contribution in [0.25, 0.3) is 22.0 Å². The summed E-state index contributed by atoms with van der Waals surface area (Å²) in [5.41, 5.74) is 2.69. The lowest BCUT2D eigenvalue weighted by atomic mass is 10.0. The van der Waals surface area contributed by atoms with Crippen LogP contribution in [0.5, 0.6) is 0 Å². The van der Waals surface area contributed by atoms with Gasteiger partial charge in [-0.2, -0.15) is 5.10 Å². The van der Waals surface area contributed by atoms with Gasteiger partial charge in [-0.05, 0) is 29.8 Å². The number of carbonyl (C=O) groups is 1. The summed E-state index contributed by atoms with van der Waals surface area (Å²) in [6.07, 6.45) is 4.98. The summed E-state index contributed by atoms with van der Waals surface area (Å²) >= 11 is 0. The van der Waals surface area contributed by atoms with Crippen LogP contribution in [0.4, 0.5) is 4.39 Å². The minimum Gasteiger partial charge on any atom is -0.287 e. The van der Waals surface area contributed by atoms with Crippen LogP contribution in [-0.4, -0.2) is 25.5 Å². The fraction of sp³-hybridized carbons (Fsp3) is 0.0526. The summed E-state index contributed by atoms with van der Waals surface area (Å²) in [4.78, 5) is 21.0. The number of aromatic nitrogens is 4. The van der Waals surface area contributed by atoms with E-state index in [2.05, 4.69) is 15.1 Å². The maximum absolute atomic E-state index is 13.9. The first kappa shape index (κ1) is 15.1. The van der Waals surface area contributed by atoms with Crippen LogP contribution < -0.4 is 0 Å². The lowest BCUT2D eigenvalue weighted by Crippen LogP contribution is -2.07. The van der Waals surface area contributed by atoms with Crippen molar-refractivity contribution < 1.29 is 9.18 Å². The molecule has 6 heteroatoms. The number of hydrogen-bond donors (Lipinski definition) is 0. The Hall–Kier alpha value is -3.41. The lowest BCUT2D eigenvalue weighted by molar-refractivity contribution is 0.103. The molecule has 122 valence electrons. The van der Waals surface area contributed by atoms with Crippen LogP contribution in [0.3, 0.4) is 0 Å². The minimum absolute atomic E-state index is 0.00108. The fourth-order valence-corrected chi connectivity index (χ4v) is 2.76. The van der Waals surface area contributed by atoms with Gasteiger partial charge in [-0.3, -0.25) is 9.48 Å². The molecule has 0 spiro atoms. The Morgan fingerprint density at radius 3 is 2.68 bits per heavy atom. The molecule has 0 unspecified atom stereocenters. The summed E-state index contributed by atoms with van der Waals surface area (Å²) in [6.45, 7) is 0. The molecular formula is C19H13FN4O. The van der Waals surface area contributed by atoms with Crippen molar-refractivity contribution in [3.8, 4) is 11.1 Å². The number of aryl methyl sites for hydroxylation is 1. The van der Waals surface area contributed by atoms with Crippen molar-refractivity contribution in [2.75, 3.05) is 0 Å². The molecule has 0 N–H and O–H groups in total. The second-order valence-corrected chi connectivity index (χ2v) is 5.67. The monoisotopic (exact) mass is 332 g/mol. The van der Waals surface area contributed by atoms with E-state index in [1.807, 2.05) is 25.4 Å². The third-order valence-electron chi connectivity index (χ3n) is 4.01. The van der Waals surface area contributed by atoms with E-state index in [1.54, 1.807) is 29.1 Å². The van der Waals surface area contributed by atoms with Gasteiger partial charge in [-0.1, -0.05) is 18.2 Å². The van der Waals surface area contributed by atoms with E-state index in [-0.39, 0.29) is 11.3 Å². The van der Waals surface area contributed by atoms with Crippen molar-refractivity contribution in [1.82, 2.24) is 19.7 Å². The molecule has 0 aliphatic rings. The van der Waals surface area contributed by atoms with Gasteiger partial charge in [0.05, 0.1) is 17.3 Å². The smallest absolute Gasteiger partial charge is 0.215 e. The summed E-state index contributed by atoms with van der Waals surface area (Å²) in [5, 5.41) is 4.74. The Bertz CT molecular complexity index is 1100. The minimum atomic E-state index is -0.564. The quantitative estimate of drug-likeness (QED) is 0.540. The van der Waals surface area contributed by atoms with Crippen LogP contribution in [0.15, 0.2) is 61.2 Å². The molecule has 5 nitrogen and oxygen atoms in total. The van der Waals surface area contributed by atoms with Gasteiger partial charge in [0.2, 0.25) is 5.78 Å². The highest BCUT2D eigenvalue weighted by molar-refractivity contribution is 6.14. The first-order valence-electron chi connectivity index (χ1n) is 7.66. The van der Waals surface area contributed by atoms with Gasteiger partial charge in [-0.25, -0.2) is 14.4 Å². The molecule has 0 amide bonds. The Balaban J connectivity index is 1.83. The molecule has 0 saturated carbocycles. The Labute approximate surface area is 142 Å². The SMILES string of the molecule is Cn1cc(-c2ccc3c(C(=O)c4ccccc4F)ncnc3c2)cn1. The molecule has 0 radical (unpaired) electrons.